The Hall–Kier alpha value is -3.14. The summed E-state index contributed by atoms with van der Waals surface area (Å²) in [5, 5.41) is 6.28. The number of carbonyl (C=O) groups is 3. The Kier molecular flexibility index (Phi) is 8.79. The average Bonchev–Trinajstić information content (AvgIpc) is 3.27. The van der Waals surface area contributed by atoms with Gasteiger partial charge in [-0.3, -0.25) is 19.3 Å². The fraction of sp³-hybridized carbons (Fsp3) is 0.423. The van der Waals surface area contributed by atoms with Crippen molar-refractivity contribution in [2.75, 3.05) is 62.8 Å². The number of anilines is 2. The highest BCUT2D eigenvalue weighted by molar-refractivity contribution is 6.31. The summed E-state index contributed by atoms with van der Waals surface area (Å²) in [6, 6.07) is 12.2. The van der Waals surface area contributed by atoms with Crippen LogP contribution in [0.15, 0.2) is 42.5 Å². The molecule has 2 heterocycles. The number of nitrogens with zero attached hydrogens (tertiary/aromatic N) is 2. The third-order valence-electron chi connectivity index (χ3n) is 6.30. The van der Waals surface area contributed by atoms with E-state index < -0.39 is 0 Å². The van der Waals surface area contributed by atoms with Crippen molar-refractivity contribution >= 4 is 40.7 Å². The van der Waals surface area contributed by atoms with E-state index in [9.17, 15) is 14.4 Å². The maximum atomic E-state index is 12.6. The van der Waals surface area contributed by atoms with Crippen LogP contribution < -0.4 is 20.3 Å². The van der Waals surface area contributed by atoms with Gasteiger partial charge >= 0.3 is 0 Å². The van der Waals surface area contributed by atoms with Crippen LogP contribution in [0.3, 0.4) is 0 Å². The number of nitrogens with one attached hydrogen (secondary N) is 2. The Labute approximate surface area is 215 Å². The number of halogens is 1. The molecule has 2 aliphatic rings. The quantitative estimate of drug-likeness (QED) is 0.533. The van der Waals surface area contributed by atoms with E-state index in [2.05, 4.69) is 15.5 Å². The number of aryl methyl sites for hydroxylation is 1. The SMILES string of the molecule is Cc1ccc(NC(=O)COc2ccc(N3C[C@@H](C(=O)NCCN4CCOCC4)CC3=O)cc2)cc1Cl. The van der Waals surface area contributed by atoms with E-state index in [-0.39, 0.29) is 36.7 Å². The summed E-state index contributed by atoms with van der Waals surface area (Å²) in [5.41, 5.74) is 2.22. The van der Waals surface area contributed by atoms with Gasteiger partial charge in [0.1, 0.15) is 5.75 Å². The standard InChI is InChI=1S/C26H31ClN4O5/c1-18-2-3-20(15-23(18)27)29-24(32)17-36-22-6-4-21(5-7-22)31-16-19(14-25(31)33)26(34)28-8-9-30-10-12-35-13-11-30/h2-7,15,19H,8-14,16-17H2,1H3,(H,28,34)(H,29,32)/t19-/m0/s1. The van der Waals surface area contributed by atoms with Gasteiger partial charge in [-0.1, -0.05) is 17.7 Å². The fourth-order valence-electron chi connectivity index (χ4n) is 4.18. The predicted octanol–water partition coefficient (Wildman–Crippen LogP) is 2.47. The van der Waals surface area contributed by atoms with Crippen molar-refractivity contribution in [2.45, 2.75) is 13.3 Å². The molecule has 0 spiro atoms. The van der Waals surface area contributed by atoms with Crippen LogP contribution in [-0.4, -0.2) is 75.2 Å². The van der Waals surface area contributed by atoms with Gasteiger partial charge in [0.15, 0.2) is 6.61 Å². The van der Waals surface area contributed by atoms with Crippen molar-refractivity contribution in [3.8, 4) is 5.75 Å². The molecule has 0 unspecified atom stereocenters. The van der Waals surface area contributed by atoms with Crippen LogP contribution in [0.25, 0.3) is 0 Å². The van der Waals surface area contributed by atoms with Crippen molar-refractivity contribution in [1.82, 2.24) is 10.2 Å². The summed E-state index contributed by atoms with van der Waals surface area (Å²) in [6.07, 6.45) is 0.185. The topological polar surface area (TPSA) is 100 Å². The van der Waals surface area contributed by atoms with Crippen molar-refractivity contribution in [2.24, 2.45) is 5.92 Å². The summed E-state index contributed by atoms with van der Waals surface area (Å²) in [7, 11) is 0. The van der Waals surface area contributed by atoms with E-state index in [4.69, 9.17) is 21.1 Å². The van der Waals surface area contributed by atoms with Gasteiger partial charge in [0.25, 0.3) is 5.91 Å². The molecule has 2 aromatic carbocycles. The zero-order chi connectivity index (χ0) is 25.5. The Bertz CT molecular complexity index is 1090. The minimum Gasteiger partial charge on any atom is -0.484 e. The summed E-state index contributed by atoms with van der Waals surface area (Å²) in [4.78, 5) is 41.2. The molecule has 10 heteroatoms. The lowest BCUT2D eigenvalue weighted by Gasteiger charge is -2.26. The summed E-state index contributed by atoms with van der Waals surface area (Å²) < 4.78 is 10.9. The van der Waals surface area contributed by atoms with Gasteiger partial charge in [0, 0.05) is 55.5 Å². The van der Waals surface area contributed by atoms with Crippen LogP contribution in [0.1, 0.15) is 12.0 Å². The second-order valence-corrected chi connectivity index (χ2v) is 9.35. The summed E-state index contributed by atoms with van der Waals surface area (Å²) in [6.45, 7) is 6.58. The average molecular weight is 515 g/mol. The second-order valence-electron chi connectivity index (χ2n) is 8.95. The lowest BCUT2D eigenvalue weighted by atomic mass is 10.1. The maximum absolute atomic E-state index is 12.6. The van der Waals surface area contributed by atoms with E-state index in [1.54, 1.807) is 41.3 Å². The Morgan fingerprint density at radius 1 is 1.14 bits per heavy atom. The number of hydrogen-bond donors (Lipinski definition) is 2. The molecule has 192 valence electrons. The van der Waals surface area contributed by atoms with Crippen molar-refractivity contribution < 1.29 is 23.9 Å². The number of hydrogen-bond acceptors (Lipinski definition) is 6. The van der Waals surface area contributed by atoms with Gasteiger partial charge in [-0.2, -0.15) is 0 Å². The molecule has 0 aliphatic carbocycles. The van der Waals surface area contributed by atoms with Crippen LogP contribution in [0.4, 0.5) is 11.4 Å². The van der Waals surface area contributed by atoms with E-state index in [0.717, 1.165) is 38.4 Å². The molecule has 0 saturated carbocycles. The number of ether oxygens (including phenoxy) is 2. The molecule has 0 aromatic heterocycles. The highest BCUT2D eigenvalue weighted by atomic mass is 35.5. The minimum atomic E-state index is -0.378. The van der Waals surface area contributed by atoms with Crippen LogP contribution in [0, 0.1) is 12.8 Å². The Balaban J connectivity index is 1.22. The number of amides is 3. The highest BCUT2D eigenvalue weighted by Crippen LogP contribution is 2.27. The molecule has 2 aliphatic heterocycles. The van der Waals surface area contributed by atoms with Gasteiger partial charge in [-0.05, 0) is 48.9 Å². The molecule has 0 bridgehead atoms. The van der Waals surface area contributed by atoms with Gasteiger partial charge in [-0.25, -0.2) is 0 Å². The first-order chi connectivity index (χ1) is 17.4. The Morgan fingerprint density at radius 2 is 1.89 bits per heavy atom. The van der Waals surface area contributed by atoms with E-state index in [0.29, 0.717) is 35.2 Å². The molecule has 2 fully saturated rings. The largest absolute Gasteiger partial charge is 0.484 e. The lowest BCUT2D eigenvalue weighted by molar-refractivity contribution is -0.126. The first-order valence-corrected chi connectivity index (χ1v) is 12.4. The van der Waals surface area contributed by atoms with E-state index in [1.165, 1.54) is 0 Å². The summed E-state index contributed by atoms with van der Waals surface area (Å²) in [5.74, 6) is -0.374. The monoisotopic (exact) mass is 514 g/mol. The zero-order valence-electron chi connectivity index (χ0n) is 20.3. The molecule has 2 saturated heterocycles. The van der Waals surface area contributed by atoms with Crippen molar-refractivity contribution in [1.29, 1.82) is 0 Å². The number of morpholine rings is 1. The van der Waals surface area contributed by atoms with Crippen LogP contribution >= 0.6 is 11.6 Å². The van der Waals surface area contributed by atoms with Gasteiger partial charge in [0.05, 0.1) is 19.1 Å². The first kappa shape index (κ1) is 25.9. The second kappa shape index (κ2) is 12.2. The van der Waals surface area contributed by atoms with E-state index >= 15 is 0 Å². The van der Waals surface area contributed by atoms with Gasteiger partial charge in [-0.15, -0.1) is 0 Å². The number of benzene rings is 2. The molecular weight excluding hydrogens is 484 g/mol. The molecule has 4 rings (SSSR count). The molecule has 2 aromatic rings. The molecule has 9 nitrogen and oxygen atoms in total. The molecular formula is C26H31ClN4O5. The normalized spacial score (nSPS) is 18.2. The molecule has 0 radical (unpaired) electrons. The van der Waals surface area contributed by atoms with Crippen molar-refractivity contribution in [3.05, 3.63) is 53.1 Å². The smallest absolute Gasteiger partial charge is 0.262 e. The van der Waals surface area contributed by atoms with Gasteiger partial charge < -0.3 is 25.0 Å². The first-order valence-electron chi connectivity index (χ1n) is 12.1. The van der Waals surface area contributed by atoms with Gasteiger partial charge in [0.2, 0.25) is 11.8 Å². The van der Waals surface area contributed by atoms with Crippen LogP contribution in [0.5, 0.6) is 5.75 Å². The third-order valence-corrected chi connectivity index (χ3v) is 6.71. The highest BCUT2D eigenvalue weighted by Gasteiger charge is 2.35. The molecule has 2 N–H and O–H groups in total. The lowest BCUT2D eigenvalue weighted by Crippen LogP contribution is -2.42. The number of carbonyl (C=O) groups excluding carboxylic acids is 3. The Morgan fingerprint density at radius 3 is 2.61 bits per heavy atom. The predicted molar refractivity (Wildman–Crippen MR) is 137 cm³/mol. The zero-order valence-corrected chi connectivity index (χ0v) is 21.1. The maximum Gasteiger partial charge on any atom is 0.262 e. The summed E-state index contributed by atoms with van der Waals surface area (Å²) >= 11 is 6.09. The third kappa shape index (κ3) is 6.96. The number of rotatable bonds is 9. The van der Waals surface area contributed by atoms with Crippen LogP contribution in [-0.2, 0) is 19.1 Å². The fourth-order valence-corrected chi connectivity index (χ4v) is 4.36. The molecule has 1 atom stereocenters. The molecule has 3 amide bonds. The minimum absolute atomic E-state index is 0.0897. The van der Waals surface area contributed by atoms with Crippen molar-refractivity contribution in [3.63, 3.8) is 0 Å². The molecule has 36 heavy (non-hydrogen) atoms. The van der Waals surface area contributed by atoms with E-state index in [1.807, 2.05) is 13.0 Å². The van der Waals surface area contributed by atoms with Crippen LogP contribution in [0.2, 0.25) is 5.02 Å².